The van der Waals surface area contributed by atoms with Crippen LogP contribution in [0.5, 0.6) is 0 Å². The van der Waals surface area contributed by atoms with E-state index in [1.54, 1.807) is 72.8 Å². The maximum Gasteiger partial charge on any atom is 0.276 e. The molecule has 8 heteroatoms. The van der Waals surface area contributed by atoms with Crippen LogP contribution in [0, 0.1) is 20.2 Å². The minimum Gasteiger partial charge on any atom is -0.258 e. The lowest BCUT2D eigenvalue weighted by Crippen LogP contribution is -1.92. The van der Waals surface area contributed by atoms with Crippen LogP contribution in [-0.4, -0.2) is 20.0 Å². The Labute approximate surface area is 159 Å². The van der Waals surface area contributed by atoms with Crippen LogP contribution in [0.3, 0.4) is 0 Å². The fourth-order valence-electron chi connectivity index (χ4n) is 2.47. The topological polar surface area (TPSA) is 112 Å². The van der Waals surface area contributed by atoms with E-state index in [9.17, 15) is 20.2 Å². The van der Waals surface area contributed by atoms with Crippen molar-refractivity contribution in [3.05, 3.63) is 103 Å². The number of hydrogen-bond donors (Lipinski definition) is 0. The number of nitro benzene ring substituents is 2. The molecule has 2 aromatic carbocycles. The molecule has 0 atom stereocenters. The number of aromatic nitrogens is 2. The van der Waals surface area contributed by atoms with Crippen LogP contribution < -0.4 is 0 Å². The van der Waals surface area contributed by atoms with Gasteiger partial charge in [-0.2, -0.15) is 10.2 Å². The molecule has 0 fully saturated rings. The maximum atomic E-state index is 11.0. The summed E-state index contributed by atoms with van der Waals surface area (Å²) in [5.74, 6) is 0. The highest BCUT2D eigenvalue weighted by atomic mass is 16.6. The Balaban J connectivity index is 1.76. The summed E-state index contributed by atoms with van der Waals surface area (Å²) in [7, 11) is 0. The van der Waals surface area contributed by atoms with Gasteiger partial charge in [0.15, 0.2) is 0 Å². The summed E-state index contributed by atoms with van der Waals surface area (Å²) in [6.07, 6.45) is 6.46. The van der Waals surface area contributed by atoms with Crippen molar-refractivity contribution >= 4 is 35.7 Å². The molecule has 0 bridgehead atoms. The summed E-state index contributed by atoms with van der Waals surface area (Å²) < 4.78 is 0. The molecule has 3 aromatic rings. The van der Waals surface area contributed by atoms with Crippen LogP contribution in [0.15, 0.2) is 60.7 Å². The van der Waals surface area contributed by atoms with Gasteiger partial charge in [-0.15, -0.1) is 0 Å². The zero-order valence-electron chi connectivity index (χ0n) is 14.5. The first-order valence-electron chi connectivity index (χ1n) is 8.21. The molecule has 0 aliphatic rings. The van der Waals surface area contributed by atoms with Crippen LogP contribution >= 0.6 is 0 Å². The van der Waals surface area contributed by atoms with Crippen molar-refractivity contribution in [2.24, 2.45) is 0 Å². The van der Waals surface area contributed by atoms with Crippen molar-refractivity contribution in [1.82, 2.24) is 10.2 Å². The highest BCUT2D eigenvalue weighted by Crippen LogP contribution is 2.21. The van der Waals surface area contributed by atoms with Crippen molar-refractivity contribution in [3.63, 3.8) is 0 Å². The molecule has 0 saturated carbocycles. The lowest BCUT2D eigenvalue weighted by Gasteiger charge is -1.98. The SMILES string of the molecule is O=[N+]([O-])c1ccccc1C=Cc1ccc(C=Cc2ccccc2[N+](=O)[O-])nn1. The molecule has 3 rings (SSSR count). The van der Waals surface area contributed by atoms with E-state index < -0.39 is 9.85 Å². The number of benzene rings is 2. The molecule has 0 amide bonds. The molecule has 0 unspecified atom stereocenters. The van der Waals surface area contributed by atoms with E-state index >= 15 is 0 Å². The van der Waals surface area contributed by atoms with E-state index in [0.717, 1.165) is 0 Å². The van der Waals surface area contributed by atoms with Gasteiger partial charge < -0.3 is 0 Å². The van der Waals surface area contributed by atoms with E-state index in [2.05, 4.69) is 10.2 Å². The lowest BCUT2D eigenvalue weighted by atomic mass is 10.1. The van der Waals surface area contributed by atoms with Gasteiger partial charge in [-0.1, -0.05) is 24.3 Å². The molecule has 0 spiro atoms. The van der Waals surface area contributed by atoms with E-state index in [1.807, 2.05) is 0 Å². The molecule has 1 aromatic heterocycles. The molecule has 0 N–H and O–H groups in total. The van der Waals surface area contributed by atoms with E-state index in [4.69, 9.17) is 0 Å². The summed E-state index contributed by atoms with van der Waals surface area (Å²) in [4.78, 5) is 21.2. The fraction of sp³-hybridized carbons (Fsp3) is 0. The quantitative estimate of drug-likeness (QED) is 0.459. The summed E-state index contributed by atoms with van der Waals surface area (Å²) in [6.45, 7) is 0. The Bertz CT molecular complexity index is 989. The van der Waals surface area contributed by atoms with E-state index in [-0.39, 0.29) is 11.4 Å². The predicted octanol–water partition coefficient (Wildman–Crippen LogP) is 4.63. The predicted molar refractivity (Wildman–Crippen MR) is 106 cm³/mol. The third-order valence-electron chi connectivity index (χ3n) is 3.84. The Morgan fingerprint density at radius 3 is 1.36 bits per heavy atom. The van der Waals surface area contributed by atoms with Gasteiger partial charge >= 0.3 is 0 Å². The molecule has 0 saturated heterocycles. The Morgan fingerprint density at radius 2 is 1.00 bits per heavy atom. The monoisotopic (exact) mass is 374 g/mol. The second-order valence-electron chi connectivity index (χ2n) is 5.68. The fourth-order valence-corrected chi connectivity index (χ4v) is 2.47. The van der Waals surface area contributed by atoms with Crippen LogP contribution in [0.25, 0.3) is 24.3 Å². The van der Waals surface area contributed by atoms with Crippen LogP contribution in [0.1, 0.15) is 22.5 Å². The standard InChI is InChI=1S/C20H14N4O4/c25-23(26)19-7-3-1-5-15(19)9-11-17-13-14-18(22-21-17)12-10-16-6-2-4-8-20(16)24(27)28/h1-14H. The van der Waals surface area contributed by atoms with Gasteiger partial charge in [0.05, 0.1) is 32.4 Å². The van der Waals surface area contributed by atoms with Gasteiger partial charge in [-0.05, 0) is 48.6 Å². The van der Waals surface area contributed by atoms with Gasteiger partial charge in [0, 0.05) is 12.1 Å². The van der Waals surface area contributed by atoms with Gasteiger partial charge in [-0.25, -0.2) is 0 Å². The zero-order chi connectivity index (χ0) is 19.9. The number of nitro groups is 2. The number of para-hydroxylation sites is 2. The number of rotatable bonds is 6. The molecule has 0 radical (unpaired) electrons. The van der Waals surface area contributed by atoms with E-state index in [1.165, 1.54) is 12.1 Å². The van der Waals surface area contributed by atoms with Crippen LogP contribution in [0.2, 0.25) is 0 Å². The van der Waals surface area contributed by atoms with Crippen molar-refractivity contribution in [3.8, 4) is 0 Å². The van der Waals surface area contributed by atoms with Crippen molar-refractivity contribution in [2.45, 2.75) is 0 Å². The smallest absolute Gasteiger partial charge is 0.258 e. The largest absolute Gasteiger partial charge is 0.276 e. The molecule has 0 aliphatic carbocycles. The second kappa shape index (κ2) is 8.45. The minimum atomic E-state index is -0.442. The van der Waals surface area contributed by atoms with Crippen molar-refractivity contribution in [2.75, 3.05) is 0 Å². The van der Waals surface area contributed by atoms with Gasteiger partial charge in [0.25, 0.3) is 11.4 Å². The molecule has 1 heterocycles. The summed E-state index contributed by atoms with van der Waals surface area (Å²) >= 11 is 0. The lowest BCUT2D eigenvalue weighted by molar-refractivity contribution is -0.385. The van der Waals surface area contributed by atoms with Gasteiger partial charge in [0.2, 0.25) is 0 Å². The normalized spacial score (nSPS) is 11.1. The van der Waals surface area contributed by atoms with Gasteiger partial charge in [0.1, 0.15) is 0 Å². The first-order valence-corrected chi connectivity index (χ1v) is 8.21. The average molecular weight is 374 g/mol. The van der Waals surface area contributed by atoms with E-state index in [0.29, 0.717) is 22.5 Å². The molecule has 138 valence electrons. The second-order valence-corrected chi connectivity index (χ2v) is 5.68. The Hall–Kier alpha value is -4.20. The Kier molecular flexibility index (Phi) is 5.61. The minimum absolute atomic E-state index is 0.00992. The number of hydrogen-bond acceptors (Lipinski definition) is 6. The molecular weight excluding hydrogens is 360 g/mol. The molecule has 8 nitrogen and oxygen atoms in total. The maximum absolute atomic E-state index is 11.0. The average Bonchev–Trinajstić information content (AvgIpc) is 2.71. The third-order valence-corrected chi connectivity index (χ3v) is 3.84. The van der Waals surface area contributed by atoms with Crippen LogP contribution in [-0.2, 0) is 0 Å². The first-order chi connectivity index (χ1) is 13.5. The first kappa shape index (κ1) is 18.6. The highest BCUT2D eigenvalue weighted by molar-refractivity contribution is 5.74. The van der Waals surface area contributed by atoms with Gasteiger partial charge in [-0.3, -0.25) is 20.2 Å². The molecule has 0 aliphatic heterocycles. The van der Waals surface area contributed by atoms with Crippen LogP contribution in [0.4, 0.5) is 11.4 Å². The highest BCUT2D eigenvalue weighted by Gasteiger charge is 2.10. The summed E-state index contributed by atoms with van der Waals surface area (Å²) in [6, 6.07) is 16.2. The Morgan fingerprint density at radius 1 is 0.607 bits per heavy atom. The molecule has 28 heavy (non-hydrogen) atoms. The van der Waals surface area contributed by atoms with Crippen molar-refractivity contribution in [1.29, 1.82) is 0 Å². The summed E-state index contributed by atoms with van der Waals surface area (Å²) in [5, 5.41) is 30.1. The summed E-state index contributed by atoms with van der Waals surface area (Å²) in [5.41, 5.74) is 2.01. The number of nitrogens with zero attached hydrogens (tertiary/aromatic N) is 4. The molecular formula is C20H14N4O4. The zero-order valence-corrected chi connectivity index (χ0v) is 14.5. The third kappa shape index (κ3) is 4.50. The van der Waals surface area contributed by atoms with Crippen molar-refractivity contribution < 1.29 is 9.85 Å².